The number of hydrogen-bond acceptors (Lipinski definition) is 4. The minimum absolute atomic E-state index is 0.0721. The van der Waals surface area contributed by atoms with Gasteiger partial charge >= 0.3 is 0 Å². The minimum atomic E-state index is -0.0721. The first kappa shape index (κ1) is 14.9. The molecule has 4 heterocycles. The van der Waals surface area contributed by atoms with Crippen LogP contribution in [-0.4, -0.2) is 26.3 Å². The van der Waals surface area contributed by atoms with Gasteiger partial charge in [-0.2, -0.15) is 0 Å². The van der Waals surface area contributed by atoms with Crippen molar-refractivity contribution in [2.24, 2.45) is 0 Å². The number of fused-ring (bicyclic) bond motifs is 1. The predicted octanol–water partition coefficient (Wildman–Crippen LogP) is 3.55. The van der Waals surface area contributed by atoms with Gasteiger partial charge in [0.05, 0.1) is 11.3 Å². The van der Waals surface area contributed by atoms with Gasteiger partial charge in [0, 0.05) is 35.7 Å². The van der Waals surface area contributed by atoms with Crippen LogP contribution in [0.3, 0.4) is 0 Å². The fraction of sp³-hybridized carbons (Fsp3) is 0.150. The molecule has 6 nitrogen and oxygen atoms in total. The third kappa shape index (κ3) is 2.56. The van der Waals surface area contributed by atoms with Crippen LogP contribution in [0.4, 0.5) is 0 Å². The van der Waals surface area contributed by atoms with Crippen molar-refractivity contribution in [3.63, 3.8) is 0 Å². The van der Waals surface area contributed by atoms with E-state index in [-0.39, 0.29) is 5.91 Å². The molecule has 0 aliphatic heterocycles. The van der Waals surface area contributed by atoms with Crippen LogP contribution in [0.2, 0.25) is 0 Å². The Bertz CT molecular complexity index is 1080. The van der Waals surface area contributed by atoms with E-state index in [4.69, 9.17) is 4.42 Å². The van der Waals surface area contributed by atoms with Crippen LogP contribution in [0, 0.1) is 0 Å². The zero-order chi connectivity index (χ0) is 17.5. The Labute approximate surface area is 149 Å². The quantitative estimate of drug-likeness (QED) is 0.614. The average molecular weight is 344 g/mol. The van der Waals surface area contributed by atoms with E-state index < -0.39 is 0 Å². The van der Waals surface area contributed by atoms with Gasteiger partial charge in [0.25, 0.3) is 5.91 Å². The summed E-state index contributed by atoms with van der Waals surface area (Å²) in [5, 5.41) is 3.06. The van der Waals surface area contributed by atoms with E-state index in [0.29, 0.717) is 17.3 Å². The largest absolute Gasteiger partial charge is 0.451 e. The molecule has 1 fully saturated rings. The highest BCUT2D eigenvalue weighted by Crippen LogP contribution is 2.30. The molecule has 4 aromatic rings. The lowest BCUT2D eigenvalue weighted by Gasteiger charge is -2.07. The molecule has 1 saturated carbocycles. The Morgan fingerprint density at radius 3 is 2.88 bits per heavy atom. The second-order valence-electron chi connectivity index (χ2n) is 6.48. The Hall–Kier alpha value is -3.41. The maximum atomic E-state index is 12.7. The van der Waals surface area contributed by atoms with Gasteiger partial charge in [0.1, 0.15) is 12.0 Å². The molecule has 0 bridgehead atoms. The number of aromatic nitrogens is 3. The van der Waals surface area contributed by atoms with Crippen LogP contribution in [0.5, 0.6) is 0 Å². The van der Waals surface area contributed by atoms with Crippen molar-refractivity contribution in [3.05, 3.63) is 67.1 Å². The molecule has 1 aliphatic carbocycles. The Morgan fingerprint density at radius 1 is 1.23 bits per heavy atom. The number of rotatable bonds is 4. The maximum absolute atomic E-state index is 12.7. The average Bonchev–Trinajstić information content (AvgIpc) is 3.19. The molecule has 26 heavy (non-hydrogen) atoms. The molecule has 0 spiro atoms. The summed E-state index contributed by atoms with van der Waals surface area (Å²) in [4.78, 5) is 21.2. The van der Waals surface area contributed by atoms with E-state index in [9.17, 15) is 4.79 Å². The van der Waals surface area contributed by atoms with Crippen molar-refractivity contribution in [2.45, 2.75) is 18.9 Å². The molecule has 4 aromatic heterocycles. The molecule has 1 aliphatic rings. The zero-order valence-corrected chi connectivity index (χ0v) is 13.9. The summed E-state index contributed by atoms with van der Waals surface area (Å²) in [5.41, 5.74) is 4.93. The highest BCUT2D eigenvalue weighted by Gasteiger charge is 2.27. The second-order valence-corrected chi connectivity index (χ2v) is 6.48. The molecule has 0 atom stereocenters. The van der Waals surface area contributed by atoms with Crippen molar-refractivity contribution >= 4 is 11.4 Å². The van der Waals surface area contributed by atoms with E-state index in [1.807, 2.05) is 47.1 Å². The zero-order valence-electron chi connectivity index (χ0n) is 13.9. The van der Waals surface area contributed by atoms with E-state index in [1.54, 1.807) is 12.5 Å². The van der Waals surface area contributed by atoms with Crippen molar-refractivity contribution in [1.29, 1.82) is 0 Å². The number of carbonyl (C=O) groups excluding carboxylic acids is 1. The molecule has 0 radical (unpaired) electrons. The van der Waals surface area contributed by atoms with E-state index >= 15 is 0 Å². The molecule has 0 aromatic carbocycles. The third-order valence-corrected chi connectivity index (χ3v) is 4.60. The Balaban J connectivity index is 1.69. The molecule has 128 valence electrons. The summed E-state index contributed by atoms with van der Waals surface area (Å²) in [6.45, 7) is 0. The van der Waals surface area contributed by atoms with Crippen molar-refractivity contribution in [1.82, 2.24) is 19.7 Å². The van der Waals surface area contributed by atoms with Crippen molar-refractivity contribution in [2.75, 3.05) is 0 Å². The standard InChI is InChI=1S/C20H16N4O2/c25-20(23-15-4-5-15)17-8-16-6-3-14(13-2-1-7-21-9-13)10-24(16)19(17)18-11-26-12-22-18/h1-3,6-12,15H,4-5H2,(H,23,25). The molecule has 0 unspecified atom stereocenters. The van der Waals surface area contributed by atoms with Gasteiger partial charge in [0.2, 0.25) is 0 Å². The summed E-state index contributed by atoms with van der Waals surface area (Å²) >= 11 is 0. The Kier molecular flexibility index (Phi) is 3.35. The lowest BCUT2D eigenvalue weighted by molar-refractivity contribution is 0.0952. The van der Waals surface area contributed by atoms with Gasteiger partial charge in [-0.1, -0.05) is 12.1 Å². The van der Waals surface area contributed by atoms with Gasteiger partial charge in [-0.15, -0.1) is 0 Å². The van der Waals surface area contributed by atoms with Crippen LogP contribution >= 0.6 is 0 Å². The van der Waals surface area contributed by atoms with Gasteiger partial charge in [0.15, 0.2) is 6.39 Å². The first-order valence-electron chi connectivity index (χ1n) is 8.54. The van der Waals surface area contributed by atoms with Crippen LogP contribution in [-0.2, 0) is 0 Å². The monoisotopic (exact) mass is 344 g/mol. The van der Waals surface area contributed by atoms with Gasteiger partial charge in [-0.25, -0.2) is 4.98 Å². The summed E-state index contributed by atoms with van der Waals surface area (Å²) in [7, 11) is 0. The van der Waals surface area contributed by atoms with Crippen LogP contribution in [0.15, 0.2) is 66.0 Å². The van der Waals surface area contributed by atoms with Gasteiger partial charge in [-0.3, -0.25) is 9.78 Å². The third-order valence-electron chi connectivity index (χ3n) is 4.60. The number of amides is 1. The minimum Gasteiger partial charge on any atom is -0.451 e. The number of hydrogen-bond donors (Lipinski definition) is 1. The number of oxazole rings is 1. The summed E-state index contributed by atoms with van der Waals surface area (Å²) < 4.78 is 7.15. The highest BCUT2D eigenvalue weighted by molar-refractivity contribution is 6.02. The molecular formula is C20H16N4O2. The molecule has 1 amide bonds. The smallest absolute Gasteiger partial charge is 0.253 e. The summed E-state index contributed by atoms with van der Waals surface area (Å²) in [6, 6.07) is 10.1. The first-order chi connectivity index (χ1) is 12.8. The highest BCUT2D eigenvalue weighted by atomic mass is 16.3. The number of nitrogens with zero attached hydrogens (tertiary/aromatic N) is 3. The molecule has 5 rings (SSSR count). The maximum Gasteiger partial charge on any atom is 0.253 e. The first-order valence-corrected chi connectivity index (χ1v) is 8.54. The normalized spacial score (nSPS) is 13.8. The topological polar surface area (TPSA) is 72.4 Å². The SMILES string of the molecule is O=C(NC1CC1)c1cc2ccc(-c3cccnc3)cn2c1-c1cocn1. The van der Waals surface area contributed by atoms with E-state index in [1.165, 1.54) is 6.39 Å². The van der Waals surface area contributed by atoms with Gasteiger partial charge in [-0.05, 0) is 36.6 Å². The summed E-state index contributed by atoms with van der Waals surface area (Å²) in [5.74, 6) is -0.0721. The molecule has 1 N–H and O–H groups in total. The molecule has 6 heteroatoms. The van der Waals surface area contributed by atoms with Crippen molar-refractivity contribution in [3.8, 4) is 22.5 Å². The van der Waals surface area contributed by atoms with Gasteiger partial charge < -0.3 is 14.1 Å². The molecule has 0 saturated heterocycles. The lowest BCUT2D eigenvalue weighted by atomic mass is 10.1. The van der Waals surface area contributed by atoms with E-state index in [0.717, 1.165) is 35.2 Å². The summed E-state index contributed by atoms with van der Waals surface area (Å²) in [6.07, 6.45) is 10.6. The second kappa shape index (κ2) is 5.84. The van der Waals surface area contributed by atoms with Crippen LogP contribution < -0.4 is 5.32 Å². The van der Waals surface area contributed by atoms with Crippen molar-refractivity contribution < 1.29 is 9.21 Å². The fourth-order valence-electron chi connectivity index (χ4n) is 3.13. The van der Waals surface area contributed by atoms with Crippen LogP contribution in [0.25, 0.3) is 28.0 Å². The Morgan fingerprint density at radius 2 is 2.15 bits per heavy atom. The predicted molar refractivity (Wildman–Crippen MR) is 96.6 cm³/mol. The number of carbonyl (C=O) groups is 1. The number of pyridine rings is 2. The van der Waals surface area contributed by atoms with Crippen LogP contribution in [0.1, 0.15) is 23.2 Å². The number of nitrogens with one attached hydrogen (secondary N) is 1. The fourth-order valence-corrected chi connectivity index (χ4v) is 3.13. The molecular weight excluding hydrogens is 328 g/mol. The van der Waals surface area contributed by atoms with E-state index in [2.05, 4.69) is 15.3 Å². The lowest BCUT2D eigenvalue weighted by Crippen LogP contribution is -2.25.